The second-order valence-corrected chi connectivity index (χ2v) is 5.65. The van der Waals surface area contributed by atoms with Crippen LogP contribution in [0, 0.1) is 0 Å². The molecule has 64 valence electrons. The minimum Gasteiger partial charge on any atom is -0.129 e. The Labute approximate surface area is 85.4 Å². The molecule has 0 aliphatic heterocycles. The highest BCUT2D eigenvalue weighted by atomic mass is 79.9. The van der Waals surface area contributed by atoms with E-state index in [-0.39, 0.29) is 0 Å². The molecule has 1 aromatic rings. The molecule has 0 bridgehead atoms. The first-order valence-electron chi connectivity index (χ1n) is 4.29. The van der Waals surface area contributed by atoms with Crippen LogP contribution >= 0.6 is 27.3 Å². The highest BCUT2D eigenvalue weighted by molar-refractivity contribution is 9.11. The molecule has 0 aromatic carbocycles. The minimum atomic E-state index is 1.23. The van der Waals surface area contributed by atoms with Crippen molar-refractivity contribution in [3.8, 4) is 0 Å². The zero-order valence-electron chi connectivity index (χ0n) is 6.85. The lowest BCUT2D eigenvalue weighted by Crippen LogP contribution is -1.69. The number of thiophene rings is 1. The molecule has 0 atom stereocenters. The van der Waals surface area contributed by atoms with Gasteiger partial charge in [0.05, 0.1) is 3.79 Å². The molecule has 2 rings (SSSR count). The highest BCUT2D eigenvalue weighted by Crippen LogP contribution is 2.29. The SMILES string of the molecule is Brc1ccc(C=C2CCCC2)s1. The zero-order valence-corrected chi connectivity index (χ0v) is 9.25. The summed E-state index contributed by atoms with van der Waals surface area (Å²) in [7, 11) is 0. The lowest BCUT2D eigenvalue weighted by molar-refractivity contribution is 0.886. The number of hydrogen-bond donors (Lipinski definition) is 0. The summed E-state index contributed by atoms with van der Waals surface area (Å²) in [6.45, 7) is 0. The summed E-state index contributed by atoms with van der Waals surface area (Å²) in [6.07, 6.45) is 7.75. The number of rotatable bonds is 1. The standard InChI is InChI=1S/C10H11BrS/c11-10-6-5-9(12-10)7-8-3-1-2-4-8/h5-7H,1-4H2. The van der Waals surface area contributed by atoms with Gasteiger partial charge in [0.25, 0.3) is 0 Å². The van der Waals surface area contributed by atoms with Crippen LogP contribution < -0.4 is 0 Å². The first-order chi connectivity index (χ1) is 5.84. The molecule has 1 aromatic heterocycles. The van der Waals surface area contributed by atoms with Gasteiger partial charge in [0.2, 0.25) is 0 Å². The maximum absolute atomic E-state index is 3.47. The van der Waals surface area contributed by atoms with Crippen LogP contribution in [0.15, 0.2) is 21.5 Å². The predicted octanol–water partition coefficient (Wildman–Crippen LogP) is 4.47. The normalized spacial score (nSPS) is 16.9. The van der Waals surface area contributed by atoms with Crippen molar-refractivity contribution in [2.24, 2.45) is 0 Å². The third-order valence-corrected chi connectivity index (χ3v) is 3.76. The third kappa shape index (κ3) is 1.99. The lowest BCUT2D eigenvalue weighted by Gasteiger charge is -1.91. The molecular formula is C10H11BrS. The Morgan fingerprint density at radius 2 is 2.00 bits per heavy atom. The number of halogens is 1. The van der Waals surface area contributed by atoms with Crippen molar-refractivity contribution < 1.29 is 0 Å². The first kappa shape index (κ1) is 8.52. The largest absolute Gasteiger partial charge is 0.129 e. The average Bonchev–Trinajstić information content (AvgIpc) is 2.63. The topological polar surface area (TPSA) is 0 Å². The quantitative estimate of drug-likeness (QED) is 0.682. The van der Waals surface area contributed by atoms with Crippen molar-refractivity contribution >= 4 is 33.3 Å². The molecule has 0 unspecified atom stereocenters. The van der Waals surface area contributed by atoms with Gasteiger partial charge in [0, 0.05) is 4.88 Å². The van der Waals surface area contributed by atoms with E-state index in [4.69, 9.17) is 0 Å². The van der Waals surface area contributed by atoms with Crippen molar-refractivity contribution in [1.29, 1.82) is 0 Å². The van der Waals surface area contributed by atoms with Crippen LogP contribution in [0.4, 0.5) is 0 Å². The number of hydrogen-bond acceptors (Lipinski definition) is 1. The summed E-state index contributed by atoms with van der Waals surface area (Å²) < 4.78 is 1.23. The van der Waals surface area contributed by atoms with Gasteiger partial charge in [-0.15, -0.1) is 11.3 Å². The van der Waals surface area contributed by atoms with Gasteiger partial charge in [0.1, 0.15) is 0 Å². The Bertz CT molecular complexity index is 291. The van der Waals surface area contributed by atoms with Crippen LogP contribution in [-0.4, -0.2) is 0 Å². The van der Waals surface area contributed by atoms with E-state index in [0.29, 0.717) is 0 Å². The molecule has 0 amide bonds. The molecule has 2 heteroatoms. The van der Waals surface area contributed by atoms with Crippen LogP contribution in [-0.2, 0) is 0 Å². The average molecular weight is 243 g/mol. The Hall–Kier alpha value is -0.0800. The Morgan fingerprint density at radius 3 is 2.58 bits per heavy atom. The molecule has 0 N–H and O–H groups in total. The molecule has 0 radical (unpaired) electrons. The second kappa shape index (κ2) is 3.75. The summed E-state index contributed by atoms with van der Waals surface area (Å²) in [5.74, 6) is 0. The van der Waals surface area contributed by atoms with Gasteiger partial charge in [-0.05, 0) is 59.8 Å². The zero-order chi connectivity index (χ0) is 8.39. The Kier molecular flexibility index (Phi) is 2.66. The molecule has 0 spiro atoms. The monoisotopic (exact) mass is 242 g/mol. The maximum Gasteiger partial charge on any atom is 0.0704 e. The minimum absolute atomic E-state index is 1.23. The van der Waals surface area contributed by atoms with Crippen LogP contribution in [0.1, 0.15) is 30.6 Å². The molecule has 0 saturated heterocycles. The van der Waals surface area contributed by atoms with E-state index in [0.717, 1.165) is 0 Å². The predicted molar refractivity (Wildman–Crippen MR) is 58.5 cm³/mol. The van der Waals surface area contributed by atoms with E-state index in [1.165, 1.54) is 34.3 Å². The van der Waals surface area contributed by atoms with E-state index < -0.39 is 0 Å². The van der Waals surface area contributed by atoms with Gasteiger partial charge in [-0.3, -0.25) is 0 Å². The fraction of sp³-hybridized carbons (Fsp3) is 0.400. The molecule has 1 fully saturated rings. The van der Waals surface area contributed by atoms with Gasteiger partial charge >= 0.3 is 0 Å². The summed E-state index contributed by atoms with van der Waals surface area (Å²) in [6, 6.07) is 4.30. The van der Waals surface area contributed by atoms with Gasteiger partial charge in [0.15, 0.2) is 0 Å². The highest BCUT2D eigenvalue weighted by Gasteiger charge is 2.06. The van der Waals surface area contributed by atoms with E-state index in [2.05, 4.69) is 34.1 Å². The molecular weight excluding hydrogens is 232 g/mol. The van der Waals surface area contributed by atoms with Crippen molar-refractivity contribution in [2.75, 3.05) is 0 Å². The fourth-order valence-electron chi connectivity index (χ4n) is 1.58. The van der Waals surface area contributed by atoms with E-state index in [1.54, 1.807) is 5.57 Å². The number of allylic oxidation sites excluding steroid dienone is 1. The Morgan fingerprint density at radius 1 is 1.25 bits per heavy atom. The van der Waals surface area contributed by atoms with Crippen LogP contribution in [0.3, 0.4) is 0 Å². The van der Waals surface area contributed by atoms with E-state index in [1.807, 2.05) is 11.3 Å². The summed E-state index contributed by atoms with van der Waals surface area (Å²) in [4.78, 5) is 1.39. The molecule has 1 aliphatic carbocycles. The van der Waals surface area contributed by atoms with Gasteiger partial charge < -0.3 is 0 Å². The first-order valence-corrected chi connectivity index (χ1v) is 5.90. The molecule has 1 heterocycles. The van der Waals surface area contributed by atoms with Crippen LogP contribution in [0.5, 0.6) is 0 Å². The van der Waals surface area contributed by atoms with Gasteiger partial charge in [-0.1, -0.05) is 5.57 Å². The fourth-order valence-corrected chi connectivity index (χ4v) is 3.00. The summed E-state index contributed by atoms with van der Waals surface area (Å²) in [5.41, 5.74) is 1.63. The molecule has 12 heavy (non-hydrogen) atoms. The third-order valence-electron chi connectivity index (χ3n) is 2.19. The molecule has 1 aliphatic rings. The molecule has 1 saturated carbocycles. The van der Waals surface area contributed by atoms with Crippen molar-refractivity contribution in [3.63, 3.8) is 0 Å². The van der Waals surface area contributed by atoms with Gasteiger partial charge in [-0.2, -0.15) is 0 Å². The summed E-state index contributed by atoms with van der Waals surface area (Å²) >= 11 is 5.29. The summed E-state index contributed by atoms with van der Waals surface area (Å²) in [5, 5.41) is 0. The lowest BCUT2D eigenvalue weighted by atomic mass is 10.2. The smallest absolute Gasteiger partial charge is 0.0704 e. The maximum atomic E-state index is 3.47. The van der Waals surface area contributed by atoms with E-state index in [9.17, 15) is 0 Å². The van der Waals surface area contributed by atoms with Crippen molar-refractivity contribution in [1.82, 2.24) is 0 Å². The Balaban J connectivity index is 2.15. The van der Waals surface area contributed by atoms with Crippen LogP contribution in [0.25, 0.3) is 6.08 Å². The second-order valence-electron chi connectivity index (χ2n) is 3.15. The van der Waals surface area contributed by atoms with Gasteiger partial charge in [-0.25, -0.2) is 0 Å². The van der Waals surface area contributed by atoms with Crippen LogP contribution in [0.2, 0.25) is 0 Å². The van der Waals surface area contributed by atoms with E-state index >= 15 is 0 Å². The van der Waals surface area contributed by atoms with Crippen molar-refractivity contribution in [3.05, 3.63) is 26.4 Å². The van der Waals surface area contributed by atoms with Crippen molar-refractivity contribution in [2.45, 2.75) is 25.7 Å². The molecule has 0 nitrogen and oxygen atoms in total.